The van der Waals surface area contributed by atoms with E-state index < -0.39 is 5.41 Å². The van der Waals surface area contributed by atoms with Crippen LogP contribution in [0.2, 0.25) is 0 Å². The van der Waals surface area contributed by atoms with Crippen molar-refractivity contribution >= 4 is 17.8 Å². The van der Waals surface area contributed by atoms with Crippen LogP contribution < -0.4 is 5.32 Å². The Balaban J connectivity index is 4.43. The number of ether oxygens (including phenoxy) is 2. The van der Waals surface area contributed by atoms with Crippen molar-refractivity contribution in [2.75, 3.05) is 40.5 Å². The van der Waals surface area contributed by atoms with Crippen molar-refractivity contribution in [3.8, 4) is 0 Å². The molecule has 122 valence electrons. The Kier molecular flexibility index (Phi) is 8.61. The lowest BCUT2D eigenvalue weighted by Crippen LogP contribution is -2.45. The van der Waals surface area contributed by atoms with Gasteiger partial charge < -0.3 is 19.7 Å². The number of nitrogens with zero attached hydrogens (tertiary/aromatic N) is 1. The molecule has 0 bridgehead atoms. The van der Waals surface area contributed by atoms with Crippen molar-refractivity contribution < 1.29 is 23.9 Å². The molecule has 21 heavy (non-hydrogen) atoms. The van der Waals surface area contributed by atoms with Gasteiger partial charge in [-0.3, -0.25) is 14.4 Å². The summed E-state index contributed by atoms with van der Waals surface area (Å²) >= 11 is 0. The van der Waals surface area contributed by atoms with Gasteiger partial charge in [0.05, 0.1) is 26.7 Å². The third-order valence-electron chi connectivity index (χ3n) is 2.81. The van der Waals surface area contributed by atoms with Crippen LogP contribution in [0.15, 0.2) is 0 Å². The lowest BCUT2D eigenvalue weighted by Gasteiger charge is -2.23. The van der Waals surface area contributed by atoms with Crippen molar-refractivity contribution in [2.45, 2.75) is 27.2 Å². The molecular formula is C14H26N2O5. The summed E-state index contributed by atoms with van der Waals surface area (Å²) in [7, 11) is 2.83. The van der Waals surface area contributed by atoms with Crippen LogP contribution in [0.3, 0.4) is 0 Å². The summed E-state index contributed by atoms with van der Waals surface area (Å²) < 4.78 is 9.49. The highest BCUT2D eigenvalue weighted by atomic mass is 16.5. The second kappa shape index (κ2) is 9.33. The van der Waals surface area contributed by atoms with E-state index in [0.29, 0.717) is 13.2 Å². The van der Waals surface area contributed by atoms with Crippen LogP contribution in [0.25, 0.3) is 0 Å². The van der Waals surface area contributed by atoms with Crippen LogP contribution in [0.1, 0.15) is 27.2 Å². The first-order valence-electron chi connectivity index (χ1n) is 6.84. The predicted molar refractivity (Wildman–Crippen MR) is 77.6 cm³/mol. The molecule has 0 unspecified atom stereocenters. The maximum absolute atomic E-state index is 12.1. The smallest absolute Gasteiger partial charge is 0.307 e. The minimum absolute atomic E-state index is 0.0962. The predicted octanol–water partition coefficient (Wildman–Crippen LogP) is 0.187. The number of hydrogen-bond donors (Lipinski definition) is 1. The molecule has 0 aromatic carbocycles. The zero-order valence-electron chi connectivity index (χ0n) is 13.5. The first-order chi connectivity index (χ1) is 9.72. The average molecular weight is 302 g/mol. The topological polar surface area (TPSA) is 84.9 Å². The number of methoxy groups -OCH3 is 2. The van der Waals surface area contributed by atoms with E-state index in [1.165, 1.54) is 19.1 Å². The molecule has 0 aliphatic rings. The molecule has 0 aliphatic carbocycles. The van der Waals surface area contributed by atoms with E-state index in [4.69, 9.17) is 4.74 Å². The van der Waals surface area contributed by atoms with Gasteiger partial charge in [0.15, 0.2) is 0 Å². The number of rotatable bonds is 8. The molecule has 0 saturated heterocycles. The molecule has 0 heterocycles. The third kappa shape index (κ3) is 8.29. The first-order valence-corrected chi connectivity index (χ1v) is 6.84. The van der Waals surface area contributed by atoms with E-state index in [1.807, 2.05) is 0 Å². The second-order valence-corrected chi connectivity index (χ2v) is 5.63. The van der Waals surface area contributed by atoms with Crippen LogP contribution in [0, 0.1) is 5.41 Å². The molecule has 0 spiro atoms. The zero-order valence-corrected chi connectivity index (χ0v) is 13.5. The SMILES string of the molecule is COCCN(CCC(=O)OC)C(=O)CNC(=O)C(C)(C)C. The highest BCUT2D eigenvalue weighted by Crippen LogP contribution is 2.12. The van der Waals surface area contributed by atoms with Crippen molar-refractivity contribution in [3.05, 3.63) is 0 Å². The van der Waals surface area contributed by atoms with Crippen molar-refractivity contribution in [3.63, 3.8) is 0 Å². The number of hydrogen-bond acceptors (Lipinski definition) is 5. The van der Waals surface area contributed by atoms with E-state index in [1.54, 1.807) is 20.8 Å². The van der Waals surface area contributed by atoms with Gasteiger partial charge in [0.25, 0.3) is 0 Å². The van der Waals surface area contributed by atoms with Gasteiger partial charge >= 0.3 is 5.97 Å². The summed E-state index contributed by atoms with van der Waals surface area (Å²) in [6.07, 6.45) is 0.110. The normalized spacial score (nSPS) is 10.9. The fraction of sp³-hybridized carbons (Fsp3) is 0.786. The van der Waals surface area contributed by atoms with Crippen LogP contribution in [-0.2, 0) is 23.9 Å². The van der Waals surface area contributed by atoms with E-state index in [2.05, 4.69) is 10.1 Å². The molecule has 0 aliphatic heterocycles. The summed E-state index contributed by atoms with van der Waals surface area (Å²) in [6.45, 7) is 6.17. The molecule has 7 heteroatoms. The molecule has 1 N–H and O–H groups in total. The number of nitrogens with one attached hydrogen (secondary N) is 1. The third-order valence-corrected chi connectivity index (χ3v) is 2.81. The first kappa shape index (κ1) is 19.4. The van der Waals surface area contributed by atoms with Gasteiger partial charge in [-0.05, 0) is 0 Å². The Labute approximate surface area is 126 Å². The standard InChI is InChI=1S/C14H26N2O5/c1-14(2,3)13(19)15-10-11(17)16(8-9-20-4)7-6-12(18)21-5/h6-10H2,1-5H3,(H,15,19). The van der Waals surface area contributed by atoms with E-state index in [0.717, 1.165) is 0 Å². The van der Waals surface area contributed by atoms with Gasteiger partial charge in [0, 0.05) is 25.6 Å². The molecule has 0 aromatic heterocycles. The van der Waals surface area contributed by atoms with Crippen molar-refractivity contribution in [2.24, 2.45) is 5.41 Å². The van der Waals surface area contributed by atoms with Gasteiger partial charge in [-0.15, -0.1) is 0 Å². The maximum atomic E-state index is 12.1. The Bertz CT molecular complexity index is 363. The molecule has 0 fully saturated rings. The lowest BCUT2D eigenvalue weighted by atomic mass is 9.96. The Morgan fingerprint density at radius 1 is 1.10 bits per heavy atom. The van der Waals surface area contributed by atoms with Gasteiger partial charge in [0.2, 0.25) is 11.8 Å². The molecule has 0 radical (unpaired) electrons. The van der Waals surface area contributed by atoms with Crippen LogP contribution in [0.4, 0.5) is 0 Å². The van der Waals surface area contributed by atoms with Gasteiger partial charge in [-0.1, -0.05) is 20.8 Å². The molecular weight excluding hydrogens is 276 g/mol. The molecule has 0 rings (SSSR count). The van der Waals surface area contributed by atoms with Crippen molar-refractivity contribution in [1.29, 1.82) is 0 Å². The highest BCUT2D eigenvalue weighted by Gasteiger charge is 2.23. The fourth-order valence-corrected chi connectivity index (χ4v) is 1.42. The quantitative estimate of drug-likeness (QED) is 0.647. The van der Waals surface area contributed by atoms with Crippen LogP contribution >= 0.6 is 0 Å². The van der Waals surface area contributed by atoms with Crippen LogP contribution in [0.5, 0.6) is 0 Å². The number of amides is 2. The monoisotopic (exact) mass is 302 g/mol. The maximum Gasteiger partial charge on any atom is 0.307 e. The second-order valence-electron chi connectivity index (χ2n) is 5.63. The fourth-order valence-electron chi connectivity index (χ4n) is 1.42. The van der Waals surface area contributed by atoms with Gasteiger partial charge in [-0.2, -0.15) is 0 Å². The van der Waals surface area contributed by atoms with Gasteiger partial charge in [0.1, 0.15) is 0 Å². The van der Waals surface area contributed by atoms with Gasteiger partial charge in [-0.25, -0.2) is 0 Å². The largest absolute Gasteiger partial charge is 0.469 e. The number of carbonyl (C=O) groups is 3. The molecule has 2 amide bonds. The summed E-state index contributed by atoms with van der Waals surface area (Å²) in [5.41, 5.74) is -0.552. The Hall–Kier alpha value is -1.63. The van der Waals surface area contributed by atoms with E-state index in [-0.39, 0.29) is 37.3 Å². The summed E-state index contributed by atoms with van der Waals surface area (Å²) in [5.74, 6) is -0.840. The molecule has 0 saturated carbocycles. The molecule has 0 atom stereocenters. The minimum atomic E-state index is -0.552. The minimum Gasteiger partial charge on any atom is -0.469 e. The summed E-state index contributed by atoms with van der Waals surface area (Å²) in [6, 6.07) is 0. The van der Waals surface area contributed by atoms with E-state index in [9.17, 15) is 14.4 Å². The Morgan fingerprint density at radius 2 is 1.71 bits per heavy atom. The average Bonchev–Trinajstić information content (AvgIpc) is 2.42. The van der Waals surface area contributed by atoms with Crippen LogP contribution in [-0.4, -0.2) is 63.1 Å². The lowest BCUT2D eigenvalue weighted by molar-refractivity contribution is -0.142. The Morgan fingerprint density at radius 3 is 2.19 bits per heavy atom. The van der Waals surface area contributed by atoms with E-state index >= 15 is 0 Å². The number of carbonyl (C=O) groups excluding carboxylic acids is 3. The zero-order chi connectivity index (χ0) is 16.5. The molecule has 0 aromatic rings. The van der Waals surface area contributed by atoms with Crippen molar-refractivity contribution in [1.82, 2.24) is 10.2 Å². The molecule has 7 nitrogen and oxygen atoms in total. The highest BCUT2D eigenvalue weighted by molar-refractivity contribution is 5.87. The summed E-state index contributed by atoms with van der Waals surface area (Å²) in [5, 5.41) is 2.59. The number of esters is 1. The summed E-state index contributed by atoms with van der Waals surface area (Å²) in [4.78, 5) is 36.4.